The number of nitrogens with one attached hydrogen (secondary N) is 5. The second kappa shape index (κ2) is 24.7. The lowest BCUT2D eigenvalue weighted by Gasteiger charge is -2.30. The van der Waals surface area contributed by atoms with E-state index in [1.54, 1.807) is 0 Å². The Morgan fingerprint density at radius 2 is 1.15 bits per heavy atom. The van der Waals surface area contributed by atoms with Crippen LogP contribution in [0.1, 0.15) is 90.9 Å². The van der Waals surface area contributed by atoms with E-state index < -0.39 is 108 Å². The van der Waals surface area contributed by atoms with Crippen LogP contribution in [0.15, 0.2) is 0 Å². The molecule has 3 fully saturated rings. The third kappa shape index (κ3) is 14.0. The Morgan fingerprint density at radius 3 is 1.70 bits per heavy atom. The summed E-state index contributed by atoms with van der Waals surface area (Å²) in [6, 6.07) is -7.96. The highest BCUT2D eigenvalue weighted by Gasteiger charge is 2.41. The maximum atomic E-state index is 13.8. The van der Waals surface area contributed by atoms with Crippen LogP contribution in [-0.4, -0.2) is 166 Å². The van der Waals surface area contributed by atoms with E-state index in [2.05, 4.69) is 39.2 Å². The summed E-state index contributed by atoms with van der Waals surface area (Å²) in [6.07, 6.45) is 5.08. The second-order valence-corrected chi connectivity index (χ2v) is 16.0. The number of hydrogen-bond acceptors (Lipinski definition) is 13. The molecule has 8 amide bonds. The Kier molecular flexibility index (Phi) is 20.5. The lowest BCUT2D eigenvalue weighted by atomic mass is 10.0. The lowest BCUT2D eigenvalue weighted by molar-refractivity contribution is -0.149. The molecule has 0 aliphatic carbocycles. The quantitative estimate of drug-likeness (QED) is 0.0355. The first-order valence-corrected chi connectivity index (χ1v) is 21.6. The molecular formula is C38H65N11O10S. The van der Waals surface area contributed by atoms with Crippen molar-refractivity contribution in [2.75, 3.05) is 45.0 Å². The number of likely N-dealkylation sites (tertiary alicyclic amines) is 3. The summed E-state index contributed by atoms with van der Waals surface area (Å²) in [7, 11) is 0. The Morgan fingerprint density at radius 1 is 0.633 bits per heavy atom. The maximum absolute atomic E-state index is 13.8. The van der Waals surface area contributed by atoms with Crippen LogP contribution >= 0.6 is 12.6 Å². The van der Waals surface area contributed by atoms with Gasteiger partial charge in [-0.3, -0.25) is 38.4 Å². The Bertz CT molecular complexity index is 1560. The van der Waals surface area contributed by atoms with Gasteiger partial charge in [-0.15, -0.1) is 0 Å². The molecular weight excluding hydrogens is 803 g/mol. The molecule has 12 N–H and O–H groups in total. The van der Waals surface area contributed by atoms with Gasteiger partial charge in [-0.2, -0.15) is 12.6 Å². The Hall–Kier alpha value is -4.54. The molecule has 0 aromatic heterocycles. The minimum absolute atomic E-state index is 0.114. The van der Waals surface area contributed by atoms with E-state index in [0.717, 1.165) is 0 Å². The number of carbonyl (C=O) groups is 9. The summed E-state index contributed by atoms with van der Waals surface area (Å²) in [6.45, 7) is 3.88. The summed E-state index contributed by atoms with van der Waals surface area (Å²) in [5.41, 5.74) is 17.1. The van der Waals surface area contributed by atoms with E-state index in [1.807, 2.05) is 0 Å². The molecule has 3 heterocycles. The van der Waals surface area contributed by atoms with Gasteiger partial charge < -0.3 is 63.6 Å². The molecule has 3 aliphatic heterocycles. The highest BCUT2D eigenvalue weighted by molar-refractivity contribution is 7.80. The van der Waals surface area contributed by atoms with Crippen LogP contribution in [0.4, 0.5) is 0 Å². The molecule has 338 valence electrons. The molecule has 0 saturated carbocycles. The minimum Gasteiger partial charge on any atom is -0.480 e. The first kappa shape index (κ1) is 49.8. The molecule has 0 bridgehead atoms. The van der Waals surface area contributed by atoms with Crippen molar-refractivity contribution in [2.45, 2.75) is 139 Å². The van der Waals surface area contributed by atoms with Crippen LogP contribution in [0.25, 0.3) is 0 Å². The van der Waals surface area contributed by atoms with Crippen molar-refractivity contribution in [1.29, 1.82) is 0 Å². The second-order valence-electron chi connectivity index (χ2n) is 15.6. The van der Waals surface area contributed by atoms with Crippen molar-refractivity contribution >= 4 is 65.9 Å². The molecule has 0 radical (unpaired) electrons. The van der Waals surface area contributed by atoms with E-state index in [-0.39, 0.29) is 38.1 Å². The number of aliphatic carboxylic acids is 1. The van der Waals surface area contributed by atoms with Gasteiger partial charge >= 0.3 is 5.97 Å². The van der Waals surface area contributed by atoms with E-state index in [9.17, 15) is 48.3 Å². The number of carbonyl (C=O) groups excluding carboxylic acids is 8. The standard InChI is InChI=1S/C38H65N11O10S/c1-22(43-30(50)20-42-33(53)27-12-7-18-48(27)36(56)24(41)21-60)31(51)44-23(2)35(55)47-17-8-13-28(47)34(54)45-25(10-3-5-15-39)32(52)46-26(11-4-6-16-40)37(57)49-19-9-14-29(49)38(58)59/h22-29,60H,3-21,39-41H2,1-2H3,(H,42,53)(H,43,50)(H,44,51)(H,45,54)(H,46,52)(H,58,59)/t22-,23-,24-,25-,26-,27-,28-,29-/m0/s1. The van der Waals surface area contributed by atoms with Crippen molar-refractivity contribution in [3.63, 3.8) is 0 Å². The number of carboxylic acids is 1. The topological polar surface area (TPSA) is 322 Å². The molecule has 0 spiro atoms. The average molecular weight is 868 g/mol. The molecule has 3 rings (SSSR count). The molecule has 21 nitrogen and oxygen atoms in total. The number of carboxylic acid groups (broad SMARTS) is 1. The van der Waals surface area contributed by atoms with Crippen LogP contribution in [0, 0.1) is 0 Å². The van der Waals surface area contributed by atoms with Gasteiger partial charge in [0.15, 0.2) is 0 Å². The fourth-order valence-electron chi connectivity index (χ4n) is 7.73. The van der Waals surface area contributed by atoms with Crippen LogP contribution < -0.4 is 43.8 Å². The summed E-state index contributed by atoms with van der Waals surface area (Å²) in [5.74, 6) is -5.62. The number of hydrogen-bond donors (Lipinski definition) is 10. The highest BCUT2D eigenvalue weighted by atomic mass is 32.1. The van der Waals surface area contributed by atoms with Crippen LogP contribution in [0.2, 0.25) is 0 Å². The molecule has 8 atom stereocenters. The smallest absolute Gasteiger partial charge is 0.326 e. The summed E-state index contributed by atoms with van der Waals surface area (Å²) in [5, 5.41) is 22.7. The van der Waals surface area contributed by atoms with Crippen molar-refractivity contribution in [3.05, 3.63) is 0 Å². The predicted octanol–water partition coefficient (Wildman–Crippen LogP) is -3.35. The molecule has 3 aliphatic rings. The predicted molar refractivity (Wildman–Crippen MR) is 222 cm³/mol. The largest absolute Gasteiger partial charge is 0.480 e. The monoisotopic (exact) mass is 867 g/mol. The number of thiol groups is 1. The first-order valence-electron chi connectivity index (χ1n) is 20.9. The fraction of sp³-hybridized carbons (Fsp3) is 0.763. The molecule has 0 unspecified atom stereocenters. The average Bonchev–Trinajstić information content (AvgIpc) is 4.03. The van der Waals surface area contributed by atoms with Gasteiger partial charge in [0.2, 0.25) is 47.3 Å². The first-order chi connectivity index (χ1) is 28.6. The van der Waals surface area contributed by atoms with Crippen molar-refractivity contribution in [2.24, 2.45) is 17.2 Å². The number of nitrogens with two attached hydrogens (primary N) is 3. The van der Waals surface area contributed by atoms with Crippen molar-refractivity contribution in [3.8, 4) is 0 Å². The zero-order valence-electron chi connectivity index (χ0n) is 34.7. The van der Waals surface area contributed by atoms with Gasteiger partial charge in [0, 0.05) is 25.4 Å². The van der Waals surface area contributed by atoms with Gasteiger partial charge in [-0.05, 0) is 104 Å². The van der Waals surface area contributed by atoms with Crippen LogP contribution in [0.3, 0.4) is 0 Å². The summed E-state index contributed by atoms with van der Waals surface area (Å²) >= 11 is 4.04. The lowest BCUT2D eigenvalue weighted by Crippen LogP contribution is -2.58. The number of nitrogens with zero attached hydrogens (tertiary/aromatic N) is 3. The normalized spacial score (nSPS) is 21.3. The molecule has 60 heavy (non-hydrogen) atoms. The number of amides is 8. The van der Waals surface area contributed by atoms with E-state index in [1.165, 1.54) is 28.5 Å². The Balaban J connectivity index is 1.58. The van der Waals surface area contributed by atoms with Crippen LogP contribution in [-0.2, 0) is 43.2 Å². The van der Waals surface area contributed by atoms with Crippen molar-refractivity contribution < 1.29 is 48.3 Å². The number of rotatable bonds is 23. The molecule has 0 aromatic carbocycles. The van der Waals surface area contributed by atoms with Crippen molar-refractivity contribution in [1.82, 2.24) is 41.3 Å². The fourth-order valence-corrected chi connectivity index (χ4v) is 7.88. The van der Waals surface area contributed by atoms with Crippen LogP contribution in [0.5, 0.6) is 0 Å². The third-order valence-electron chi connectivity index (χ3n) is 11.1. The summed E-state index contributed by atoms with van der Waals surface area (Å²) < 4.78 is 0. The third-order valence-corrected chi connectivity index (χ3v) is 11.5. The number of unbranched alkanes of at least 4 members (excludes halogenated alkanes) is 2. The van der Waals surface area contributed by atoms with E-state index in [4.69, 9.17) is 17.2 Å². The summed E-state index contributed by atoms with van der Waals surface area (Å²) in [4.78, 5) is 122. The van der Waals surface area contributed by atoms with Gasteiger partial charge in [-0.1, -0.05) is 0 Å². The molecule has 3 saturated heterocycles. The van der Waals surface area contributed by atoms with E-state index >= 15 is 0 Å². The van der Waals surface area contributed by atoms with Gasteiger partial charge in [-0.25, -0.2) is 4.79 Å². The molecule has 0 aromatic rings. The zero-order chi connectivity index (χ0) is 44.5. The SMILES string of the molecule is C[C@H](NC(=O)CNC(=O)[C@@H]1CCCN1C(=O)[C@@H](N)CS)C(=O)N[C@@H](C)C(=O)N1CCC[C@H]1C(=O)N[C@@H](CCCCN)C(=O)N[C@@H](CCCCN)C(=O)N1CCC[C@H]1C(=O)O. The van der Waals surface area contributed by atoms with E-state index in [0.29, 0.717) is 77.4 Å². The zero-order valence-corrected chi connectivity index (χ0v) is 35.6. The maximum Gasteiger partial charge on any atom is 0.326 e. The van der Waals surface area contributed by atoms with Gasteiger partial charge in [0.05, 0.1) is 12.6 Å². The molecule has 22 heteroatoms. The van der Waals surface area contributed by atoms with Gasteiger partial charge in [0.25, 0.3) is 0 Å². The van der Waals surface area contributed by atoms with Gasteiger partial charge in [0.1, 0.15) is 42.3 Å². The highest BCUT2D eigenvalue weighted by Crippen LogP contribution is 2.22. The Labute approximate surface area is 356 Å². The minimum atomic E-state index is -1.12.